The normalized spacial score (nSPS) is 11.2. The zero-order valence-corrected chi connectivity index (χ0v) is 10.4. The molecule has 0 radical (unpaired) electrons. The smallest absolute Gasteiger partial charge is 0.333 e. The van der Waals surface area contributed by atoms with Gasteiger partial charge >= 0.3 is 5.69 Å². The van der Waals surface area contributed by atoms with E-state index in [4.69, 9.17) is 4.74 Å². The average Bonchev–Trinajstić information content (AvgIpc) is 2.44. The lowest BCUT2D eigenvalue weighted by Gasteiger charge is -2.29. The third-order valence-corrected chi connectivity index (χ3v) is 2.71. The van der Waals surface area contributed by atoms with E-state index in [1.54, 1.807) is 0 Å². The van der Waals surface area contributed by atoms with Crippen LogP contribution in [0.4, 0.5) is 11.4 Å². The number of nitrogens with one attached hydrogen (secondary N) is 1. The first-order valence-corrected chi connectivity index (χ1v) is 5.45. The molecule has 0 unspecified atom stereocenters. The van der Waals surface area contributed by atoms with Crippen molar-refractivity contribution in [2.45, 2.75) is 5.54 Å². The molecule has 0 aromatic heterocycles. The van der Waals surface area contributed by atoms with Crippen LogP contribution >= 0.6 is 0 Å². The summed E-state index contributed by atoms with van der Waals surface area (Å²) in [6.07, 6.45) is 0. The number of hydrogen-bond donors (Lipinski definition) is 4. The summed E-state index contributed by atoms with van der Waals surface area (Å²) < 4.78 is 4.89. The minimum Gasteiger partial charge on any atom is -0.490 e. The first kappa shape index (κ1) is 15.2. The van der Waals surface area contributed by atoms with Crippen LogP contribution in [0.2, 0.25) is 0 Å². The van der Waals surface area contributed by atoms with Crippen molar-refractivity contribution < 1.29 is 25.0 Å². The first-order chi connectivity index (χ1) is 9.03. The predicted octanol–water partition coefficient (Wildman–Crippen LogP) is -0.269. The van der Waals surface area contributed by atoms with Crippen LogP contribution in [0.15, 0.2) is 18.2 Å². The molecule has 0 aliphatic heterocycles. The number of hydrogen-bond acceptors (Lipinski definition) is 7. The third kappa shape index (κ3) is 3.11. The maximum atomic E-state index is 11.1. The highest BCUT2D eigenvalue weighted by Crippen LogP contribution is 2.35. The second-order valence-corrected chi connectivity index (χ2v) is 3.99. The molecule has 0 spiro atoms. The number of nitrogens with zero attached hydrogens (tertiary/aromatic N) is 1. The molecule has 0 heterocycles. The van der Waals surface area contributed by atoms with Gasteiger partial charge < -0.3 is 25.4 Å². The Morgan fingerprint density at radius 1 is 1.32 bits per heavy atom. The standard InChI is InChI=1S/C11H16N2O6/c1-19-9-4-2-3-8(10(9)13(17)18)12-11(5-14,6-15)7-16/h2-4,12,14-16H,5-7H2,1H3. The minimum absolute atomic E-state index is 0.0396. The van der Waals surface area contributed by atoms with E-state index in [-0.39, 0.29) is 17.1 Å². The fraction of sp³-hybridized carbons (Fsp3) is 0.455. The summed E-state index contributed by atoms with van der Waals surface area (Å²) in [5, 5.41) is 41.3. The molecule has 0 aliphatic rings. The fourth-order valence-electron chi connectivity index (χ4n) is 1.53. The molecular formula is C11H16N2O6. The van der Waals surface area contributed by atoms with Gasteiger partial charge in [-0.05, 0) is 12.1 Å². The number of benzene rings is 1. The average molecular weight is 272 g/mol. The Bertz CT molecular complexity index is 439. The lowest BCUT2D eigenvalue weighted by Crippen LogP contribution is -2.49. The van der Waals surface area contributed by atoms with Gasteiger partial charge in [0, 0.05) is 0 Å². The Kier molecular flexibility index (Phi) is 5.04. The van der Waals surface area contributed by atoms with Crippen LogP contribution < -0.4 is 10.1 Å². The molecule has 0 bridgehead atoms. The minimum atomic E-state index is -1.45. The van der Waals surface area contributed by atoms with Crippen LogP contribution in [0.5, 0.6) is 5.75 Å². The summed E-state index contributed by atoms with van der Waals surface area (Å²) >= 11 is 0. The fourth-order valence-corrected chi connectivity index (χ4v) is 1.53. The Hall–Kier alpha value is -1.90. The van der Waals surface area contributed by atoms with Crippen LogP contribution in [0.3, 0.4) is 0 Å². The van der Waals surface area contributed by atoms with Gasteiger partial charge in [0.2, 0.25) is 0 Å². The number of aliphatic hydroxyl groups excluding tert-OH is 3. The number of methoxy groups -OCH3 is 1. The van der Waals surface area contributed by atoms with Crippen molar-refractivity contribution in [3.8, 4) is 5.75 Å². The van der Waals surface area contributed by atoms with E-state index >= 15 is 0 Å². The molecule has 4 N–H and O–H groups in total. The van der Waals surface area contributed by atoms with Crippen molar-refractivity contribution in [1.82, 2.24) is 0 Å². The largest absolute Gasteiger partial charge is 0.490 e. The van der Waals surface area contributed by atoms with E-state index in [9.17, 15) is 25.4 Å². The molecule has 1 rings (SSSR count). The monoisotopic (exact) mass is 272 g/mol. The maximum Gasteiger partial charge on any atom is 0.333 e. The van der Waals surface area contributed by atoms with E-state index in [2.05, 4.69) is 5.32 Å². The van der Waals surface area contributed by atoms with E-state index in [0.717, 1.165) is 0 Å². The molecule has 0 fully saturated rings. The van der Waals surface area contributed by atoms with Gasteiger partial charge in [-0.25, -0.2) is 0 Å². The van der Waals surface area contributed by atoms with E-state index in [1.165, 1.54) is 25.3 Å². The second kappa shape index (κ2) is 6.32. The molecule has 106 valence electrons. The van der Waals surface area contributed by atoms with Crippen molar-refractivity contribution in [2.24, 2.45) is 0 Å². The topological polar surface area (TPSA) is 125 Å². The molecule has 0 saturated heterocycles. The Morgan fingerprint density at radius 3 is 2.32 bits per heavy atom. The number of anilines is 1. The highest BCUT2D eigenvalue weighted by molar-refractivity contribution is 5.69. The quantitative estimate of drug-likeness (QED) is 0.397. The van der Waals surface area contributed by atoms with E-state index in [0.29, 0.717) is 0 Å². The molecule has 0 atom stereocenters. The van der Waals surface area contributed by atoms with Crippen LogP contribution in [0.25, 0.3) is 0 Å². The molecule has 1 aromatic carbocycles. The van der Waals surface area contributed by atoms with Crippen molar-refractivity contribution in [2.75, 3.05) is 32.2 Å². The first-order valence-electron chi connectivity index (χ1n) is 5.45. The predicted molar refractivity (Wildman–Crippen MR) is 67.3 cm³/mol. The zero-order chi connectivity index (χ0) is 14.5. The van der Waals surface area contributed by atoms with Gasteiger partial charge in [0.1, 0.15) is 11.2 Å². The number of para-hydroxylation sites is 1. The summed E-state index contributed by atoms with van der Waals surface area (Å²) in [7, 11) is 1.30. The summed E-state index contributed by atoms with van der Waals surface area (Å²) in [6.45, 7) is -1.77. The van der Waals surface area contributed by atoms with Crippen LogP contribution in [-0.4, -0.2) is 52.7 Å². The van der Waals surface area contributed by atoms with Gasteiger partial charge in [-0.3, -0.25) is 10.1 Å². The number of aliphatic hydroxyl groups is 3. The molecular weight excluding hydrogens is 256 g/mol. The zero-order valence-electron chi connectivity index (χ0n) is 10.4. The summed E-state index contributed by atoms with van der Waals surface area (Å²) in [6, 6.07) is 4.34. The lowest BCUT2D eigenvalue weighted by atomic mass is 10.0. The Labute approximate surface area is 109 Å². The van der Waals surface area contributed by atoms with Gasteiger partial charge in [-0.2, -0.15) is 0 Å². The number of nitro groups is 1. The number of ether oxygens (including phenoxy) is 1. The third-order valence-electron chi connectivity index (χ3n) is 2.71. The number of rotatable bonds is 7. The highest BCUT2D eigenvalue weighted by atomic mass is 16.6. The van der Waals surface area contributed by atoms with Crippen LogP contribution in [0, 0.1) is 10.1 Å². The molecule has 8 heteroatoms. The van der Waals surface area contributed by atoms with Gasteiger partial charge in [0.15, 0.2) is 5.75 Å². The SMILES string of the molecule is COc1cccc(NC(CO)(CO)CO)c1[N+](=O)[O-]. The van der Waals surface area contributed by atoms with Gasteiger partial charge in [-0.1, -0.05) is 6.07 Å². The molecule has 0 saturated carbocycles. The lowest BCUT2D eigenvalue weighted by molar-refractivity contribution is -0.384. The Morgan fingerprint density at radius 2 is 1.89 bits per heavy atom. The highest BCUT2D eigenvalue weighted by Gasteiger charge is 2.31. The summed E-state index contributed by atoms with van der Waals surface area (Å²) in [5.41, 5.74) is -1.73. The number of nitro benzene ring substituents is 1. The van der Waals surface area contributed by atoms with Gasteiger partial charge in [-0.15, -0.1) is 0 Å². The van der Waals surface area contributed by atoms with Gasteiger partial charge in [0.05, 0.1) is 31.9 Å². The molecule has 0 amide bonds. The van der Waals surface area contributed by atoms with Crippen LogP contribution in [-0.2, 0) is 0 Å². The van der Waals surface area contributed by atoms with Crippen molar-refractivity contribution >= 4 is 11.4 Å². The van der Waals surface area contributed by atoms with Crippen molar-refractivity contribution in [3.05, 3.63) is 28.3 Å². The molecule has 0 aliphatic carbocycles. The van der Waals surface area contributed by atoms with Crippen molar-refractivity contribution in [1.29, 1.82) is 0 Å². The van der Waals surface area contributed by atoms with Crippen molar-refractivity contribution in [3.63, 3.8) is 0 Å². The van der Waals surface area contributed by atoms with Gasteiger partial charge in [0.25, 0.3) is 0 Å². The summed E-state index contributed by atoms with van der Waals surface area (Å²) in [5.74, 6) is 0.0396. The van der Waals surface area contributed by atoms with E-state index in [1.807, 2.05) is 0 Å². The van der Waals surface area contributed by atoms with E-state index < -0.39 is 30.3 Å². The second-order valence-electron chi connectivity index (χ2n) is 3.99. The molecule has 1 aromatic rings. The molecule has 19 heavy (non-hydrogen) atoms. The maximum absolute atomic E-state index is 11.1. The molecule has 8 nitrogen and oxygen atoms in total. The summed E-state index contributed by atoms with van der Waals surface area (Å²) in [4.78, 5) is 10.4. The van der Waals surface area contributed by atoms with Crippen LogP contribution in [0.1, 0.15) is 0 Å². The Balaban J connectivity index is 3.23.